The molecule has 0 aromatic carbocycles. The van der Waals surface area contributed by atoms with Gasteiger partial charge >= 0.3 is 12.1 Å². The van der Waals surface area contributed by atoms with Crippen molar-refractivity contribution in [3.05, 3.63) is 0 Å². The Morgan fingerprint density at radius 1 is 1.39 bits per heavy atom. The molecule has 0 aromatic heterocycles. The SMILES string of the molecule is C[Si](C)(C)O[C@H]1CN(C(=O)C(F)(F)F)C[C@@H]1C#N. The summed E-state index contributed by atoms with van der Waals surface area (Å²) in [6.07, 6.45) is -5.51. The second kappa shape index (κ2) is 4.89. The Bertz CT molecular complexity index is 373. The predicted molar refractivity (Wildman–Crippen MR) is 60.0 cm³/mol. The molecule has 1 heterocycles. The number of amides is 1. The summed E-state index contributed by atoms with van der Waals surface area (Å²) >= 11 is 0. The summed E-state index contributed by atoms with van der Waals surface area (Å²) in [5.74, 6) is -2.59. The summed E-state index contributed by atoms with van der Waals surface area (Å²) in [7, 11) is -1.96. The van der Waals surface area contributed by atoms with Crippen molar-refractivity contribution in [2.24, 2.45) is 5.92 Å². The minimum absolute atomic E-state index is 0.166. The highest BCUT2D eigenvalue weighted by Crippen LogP contribution is 2.27. The molecule has 1 aliphatic rings. The van der Waals surface area contributed by atoms with Gasteiger partial charge in [0.05, 0.1) is 18.1 Å². The van der Waals surface area contributed by atoms with E-state index in [1.165, 1.54) is 0 Å². The average Bonchev–Trinajstić information content (AvgIpc) is 2.55. The van der Waals surface area contributed by atoms with Crippen LogP contribution in [-0.4, -0.2) is 44.5 Å². The van der Waals surface area contributed by atoms with Crippen LogP contribution in [0.5, 0.6) is 0 Å². The quantitative estimate of drug-likeness (QED) is 0.724. The van der Waals surface area contributed by atoms with Crippen molar-refractivity contribution in [2.75, 3.05) is 13.1 Å². The number of halogens is 3. The van der Waals surface area contributed by atoms with Crippen molar-refractivity contribution < 1.29 is 22.4 Å². The molecule has 1 rings (SSSR count). The van der Waals surface area contributed by atoms with Crippen LogP contribution in [0.15, 0.2) is 0 Å². The van der Waals surface area contributed by atoms with Crippen molar-refractivity contribution in [3.8, 4) is 6.07 Å². The number of hydrogen-bond acceptors (Lipinski definition) is 3. The van der Waals surface area contributed by atoms with E-state index in [0.29, 0.717) is 4.90 Å². The zero-order valence-corrected chi connectivity index (χ0v) is 11.4. The summed E-state index contributed by atoms with van der Waals surface area (Å²) in [5, 5.41) is 8.90. The molecule has 0 saturated carbocycles. The van der Waals surface area contributed by atoms with E-state index in [-0.39, 0.29) is 13.1 Å². The van der Waals surface area contributed by atoms with Gasteiger partial charge in [-0.1, -0.05) is 0 Å². The summed E-state index contributed by atoms with van der Waals surface area (Å²) in [4.78, 5) is 11.7. The number of nitrogens with zero attached hydrogens (tertiary/aromatic N) is 2. The summed E-state index contributed by atoms with van der Waals surface area (Å²) in [5.41, 5.74) is 0. The Kier molecular flexibility index (Phi) is 4.07. The molecular weight excluding hydrogens is 265 g/mol. The van der Waals surface area contributed by atoms with E-state index in [1.54, 1.807) is 0 Å². The Hall–Kier alpha value is -1.07. The van der Waals surface area contributed by atoms with Crippen LogP contribution in [-0.2, 0) is 9.22 Å². The van der Waals surface area contributed by atoms with Crippen molar-refractivity contribution in [1.29, 1.82) is 5.26 Å². The van der Waals surface area contributed by atoms with Gasteiger partial charge in [0, 0.05) is 13.1 Å². The maximum atomic E-state index is 12.3. The fourth-order valence-electron chi connectivity index (χ4n) is 1.82. The van der Waals surface area contributed by atoms with E-state index < -0.39 is 32.4 Å². The van der Waals surface area contributed by atoms with Crippen LogP contribution in [0.25, 0.3) is 0 Å². The van der Waals surface area contributed by atoms with Gasteiger partial charge in [-0.25, -0.2) is 0 Å². The summed E-state index contributed by atoms with van der Waals surface area (Å²) in [6.45, 7) is 5.27. The smallest absolute Gasteiger partial charge is 0.412 e. The minimum Gasteiger partial charge on any atom is -0.412 e. The number of carbonyl (C=O) groups excluding carboxylic acids is 1. The Morgan fingerprint density at radius 2 is 1.94 bits per heavy atom. The van der Waals surface area contributed by atoms with E-state index in [9.17, 15) is 18.0 Å². The third-order valence-electron chi connectivity index (χ3n) is 2.47. The molecule has 4 nitrogen and oxygen atoms in total. The van der Waals surface area contributed by atoms with Gasteiger partial charge in [-0.15, -0.1) is 0 Å². The molecule has 0 N–H and O–H groups in total. The molecule has 0 spiro atoms. The van der Waals surface area contributed by atoms with Crippen molar-refractivity contribution in [1.82, 2.24) is 4.90 Å². The van der Waals surface area contributed by atoms with Crippen LogP contribution < -0.4 is 0 Å². The molecule has 0 bridgehead atoms. The zero-order chi connectivity index (χ0) is 14.1. The lowest BCUT2D eigenvalue weighted by Crippen LogP contribution is -2.41. The van der Waals surface area contributed by atoms with Gasteiger partial charge in [0.15, 0.2) is 8.32 Å². The first kappa shape index (κ1) is 15.0. The summed E-state index contributed by atoms with van der Waals surface area (Å²) in [6, 6.07) is 1.91. The lowest BCUT2D eigenvalue weighted by atomic mass is 10.1. The molecule has 0 aromatic rings. The minimum atomic E-state index is -4.89. The number of nitriles is 1. The predicted octanol–water partition coefficient (Wildman–Crippen LogP) is 1.75. The lowest BCUT2D eigenvalue weighted by molar-refractivity contribution is -0.184. The maximum Gasteiger partial charge on any atom is 0.471 e. The van der Waals surface area contributed by atoms with Crippen molar-refractivity contribution in [2.45, 2.75) is 31.9 Å². The molecule has 2 atom stereocenters. The molecular formula is C10H15F3N2O2Si. The standard InChI is InChI=1S/C10H15F3N2O2Si/c1-18(2,3)17-8-6-15(5-7(8)4-14)9(16)10(11,12)13/h7-8H,5-6H2,1-3H3/t7-,8-/m0/s1. The van der Waals surface area contributed by atoms with Gasteiger partial charge in [-0.3, -0.25) is 4.79 Å². The van der Waals surface area contributed by atoms with Gasteiger partial charge in [-0.05, 0) is 19.6 Å². The molecule has 1 aliphatic heterocycles. The monoisotopic (exact) mass is 280 g/mol. The molecule has 0 aliphatic carbocycles. The second-order valence-electron chi connectivity index (χ2n) is 5.21. The molecule has 8 heteroatoms. The van der Waals surface area contributed by atoms with E-state index in [2.05, 4.69) is 0 Å². The first-order chi connectivity index (χ1) is 8.04. The van der Waals surface area contributed by atoms with E-state index in [4.69, 9.17) is 9.69 Å². The van der Waals surface area contributed by atoms with Crippen molar-refractivity contribution >= 4 is 14.2 Å². The molecule has 1 saturated heterocycles. The molecule has 1 amide bonds. The van der Waals surface area contributed by atoms with Gasteiger partial charge < -0.3 is 9.33 Å². The highest BCUT2D eigenvalue weighted by molar-refractivity contribution is 6.69. The highest BCUT2D eigenvalue weighted by Gasteiger charge is 2.48. The Morgan fingerprint density at radius 3 is 2.33 bits per heavy atom. The molecule has 102 valence electrons. The maximum absolute atomic E-state index is 12.3. The van der Waals surface area contributed by atoms with E-state index >= 15 is 0 Å². The first-order valence-electron chi connectivity index (χ1n) is 5.48. The Labute approximate surface area is 104 Å². The van der Waals surface area contributed by atoms with E-state index in [0.717, 1.165) is 0 Å². The van der Waals surface area contributed by atoms with Crippen LogP contribution in [0, 0.1) is 17.2 Å². The fourth-order valence-corrected chi connectivity index (χ4v) is 2.96. The summed E-state index contributed by atoms with van der Waals surface area (Å²) < 4.78 is 42.5. The van der Waals surface area contributed by atoms with E-state index in [1.807, 2.05) is 25.7 Å². The van der Waals surface area contributed by atoms with Gasteiger partial charge in [0.2, 0.25) is 0 Å². The van der Waals surface area contributed by atoms with Crippen LogP contribution >= 0.6 is 0 Å². The normalized spacial score (nSPS) is 25.1. The van der Waals surface area contributed by atoms with Gasteiger partial charge in [-0.2, -0.15) is 18.4 Å². The topological polar surface area (TPSA) is 53.3 Å². The van der Waals surface area contributed by atoms with Crippen LogP contribution in [0.3, 0.4) is 0 Å². The third-order valence-corrected chi connectivity index (χ3v) is 3.48. The largest absolute Gasteiger partial charge is 0.471 e. The molecule has 0 radical (unpaired) electrons. The van der Waals surface area contributed by atoms with Gasteiger partial charge in [0.1, 0.15) is 0 Å². The lowest BCUT2D eigenvalue weighted by Gasteiger charge is -2.24. The van der Waals surface area contributed by atoms with Crippen LogP contribution in [0.4, 0.5) is 13.2 Å². The number of hydrogen-bond donors (Lipinski definition) is 0. The second-order valence-corrected chi connectivity index (χ2v) is 9.67. The van der Waals surface area contributed by atoms with Gasteiger partial charge in [0.25, 0.3) is 0 Å². The zero-order valence-electron chi connectivity index (χ0n) is 10.4. The number of likely N-dealkylation sites (tertiary alicyclic amines) is 1. The van der Waals surface area contributed by atoms with Crippen LogP contribution in [0.2, 0.25) is 19.6 Å². The fraction of sp³-hybridized carbons (Fsp3) is 0.800. The molecule has 1 fully saturated rings. The number of rotatable bonds is 2. The molecule has 18 heavy (non-hydrogen) atoms. The first-order valence-corrected chi connectivity index (χ1v) is 8.89. The van der Waals surface area contributed by atoms with Crippen molar-refractivity contribution in [3.63, 3.8) is 0 Å². The Balaban J connectivity index is 2.76. The number of alkyl halides is 3. The van der Waals surface area contributed by atoms with Crippen LogP contribution in [0.1, 0.15) is 0 Å². The highest BCUT2D eigenvalue weighted by atomic mass is 28.4. The third kappa shape index (κ3) is 3.71. The molecule has 0 unspecified atom stereocenters. The number of carbonyl (C=O) groups is 1. The average molecular weight is 280 g/mol.